The highest BCUT2D eigenvalue weighted by Gasteiger charge is 2.14. The van der Waals surface area contributed by atoms with Crippen LogP contribution in [0.25, 0.3) is 21.8 Å². The monoisotopic (exact) mass is 283 g/mol. The van der Waals surface area contributed by atoms with Gasteiger partial charge in [-0.25, -0.2) is 4.79 Å². The van der Waals surface area contributed by atoms with Crippen LogP contribution in [0.1, 0.15) is 20.7 Å². The molecule has 0 atom stereocenters. The Bertz CT molecular complexity index is 975. The molecular weight excluding hydrogens is 274 g/mol. The highest BCUT2D eigenvalue weighted by atomic mass is 16.4. The van der Waals surface area contributed by atoms with Crippen molar-refractivity contribution >= 4 is 33.7 Å². The van der Waals surface area contributed by atoms with Gasteiger partial charge in [0.15, 0.2) is 0 Å². The number of amides is 1. The van der Waals surface area contributed by atoms with E-state index in [-0.39, 0.29) is 16.5 Å². The molecule has 0 bridgehead atoms. The Morgan fingerprint density at radius 3 is 2.71 bits per heavy atom. The summed E-state index contributed by atoms with van der Waals surface area (Å²) in [6, 6.07) is 4.65. The standard InChI is InChI=1S/C14H9N3O4/c15-13(19)7-3-6-1-2-8-11(10(6)16-4-7)17-5-9(12(8)18)14(20)21/h1-5H,(H2,15,19)(H,17,18)(H,20,21). The molecule has 1 amide bonds. The first-order valence-corrected chi connectivity index (χ1v) is 5.96. The zero-order valence-electron chi connectivity index (χ0n) is 10.6. The van der Waals surface area contributed by atoms with Gasteiger partial charge in [-0.05, 0) is 12.1 Å². The van der Waals surface area contributed by atoms with Gasteiger partial charge in [0, 0.05) is 23.2 Å². The third-order valence-corrected chi connectivity index (χ3v) is 3.22. The van der Waals surface area contributed by atoms with Crippen molar-refractivity contribution in [1.82, 2.24) is 9.97 Å². The molecule has 0 spiro atoms. The zero-order valence-corrected chi connectivity index (χ0v) is 10.6. The maximum Gasteiger partial charge on any atom is 0.341 e. The van der Waals surface area contributed by atoms with Crippen LogP contribution in [0.15, 0.2) is 35.4 Å². The second-order valence-electron chi connectivity index (χ2n) is 4.48. The van der Waals surface area contributed by atoms with Crippen molar-refractivity contribution in [1.29, 1.82) is 0 Å². The molecule has 0 saturated carbocycles. The van der Waals surface area contributed by atoms with Crippen molar-refractivity contribution in [2.75, 3.05) is 0 Å². The second kappa shape index (κ2) is 4.41. The number of pyridine rings is 2. The molecule has 7 heteroatoms. The minimum Gasteiger partial charge on any atom is -0.477 e. The molecule has 2 heterocycles. The Balaban J connectivity index is 2.40. The lowest BCUT2D eigenvalue weighted by Crippen LogP contribution is -2.15. The molecule has 0 fully saturated rings. The van der Waals surface area contributed by atoms with Gasteiger partial charge in [-0.1, -0.05) is 6.07 Å². The smallest absolute Gasteiger partial charge is 0.341 e. The van der Waals surface area contributed by atoms with Crippen LogP contribution in [0, 0.1) is 0 Å². The molecular formula is C14H9N3O4. The fourth-order valence-corrected chi connectivity index (χ4v) is 2.19. The average Bonchev–Trinajstić information content (AvgIpc) is 2.46. The van der Waals surface area contributed by atoms with E-state index in [2.05, 4.69) is 9.97 Å². The summed E-state index contributed by atoms with van der Waals surface area (Å²) in [4.78, 5) is 41.1. The van der Waals surface area contributed by atoms with Crippen LogP contribution in [0.2, 0.25) is 0 Å². The minimum atomic E-state index is -1.30. The number of aromatic carboxylic acids is 1. The van der Waals surface area contributed by atoms with E-state index in [1.807, 2.05) is 0 Å². The first-order chi connectivity index (χ1) is 9.99. The van der Waals surface area contributed by atoms with Gasteiger partial charge in [0.05, 0.1) is 16.6 Å². The second-order valence-corrected chi connectivity index (χ2v) is 4.48. The molecule has 0 aliphatic rings. The number of carbonyl (C=O) groups excluding carboxylic acids is 1. The van der Waals surface area contributed by atoms with Crippen LogP contribution in [-0.4, -0.2) is 27.0 Å². The van der Waals surface area contributed by atoms with E-state index in [9.17, 15) is 14.4 Å². The van der Waals surface area contributed by atoms with Gasteiger partial charge in [-0.3, -0.25) is 14.6 Å². The molecule has 4 N–H and O–H groups in total. The molecule has 0 aliphatic carbocycles. The van der Waals surface area contributed by atoms with E-state index in [1.165, 1.54) is 12.3 Å². The van der Waals surface area contributed by atoms with Crippen molar-refractivity contribution in [3.05, 3.63) is 51.9 Å². The lowest BCUT2D eigenvalue weighted by atomic mass is 10.1. The van der Waals surface area contributed by atoms with Gasteiger partial charge in [0.25, 0.3) is 0 Å². The van der Waals surface area contributed by atoms with Gasteiger partial charge in [0.1, 0.15) is 5.56 Å². The Morgan fingerprint density at radius 1 is 1.29 bits per heavy atom. The summed E-state index contributed by atoms with van der Waals surface area (Å²) in [6.45, 7) is 0. The number of nitrogens with zero attached hydrogens (tertiary/aromatic N) is 1. The number of carbonyl (C=O) groups is 2. The van der Waals surface area contributed by atoms with Crippen LogP contribution in [-0.2, 0) is 0 Å². The van der Waals surface area contributed by atoms with Crippen molar-refractivity contribution < 1.29 is 14.7 Å². The van der Waals surface area contributed by atoms with Gasteiger partial charge < -0.3 is 15.8 Å². The normalized spacial score (nSPS) is 10.9. The van der Waals surface area contributed by atoms with Crippen molar-refractivity contribution in [3.63, 3.8) is 0 Å². The first kappa shape index (κ1) is 12.8. The first-order valence-electron chi connectivity index (χ1n) is 5.96. The Morgan fingerprint density at radius 2 is 2.05 bits per heavy atom. The number of aromatic amines is 1. The predicted octanol–water partition coefficient (Wildman–Crippen LogP) is 0.873. The van der Waals surface area contributed by atoms with E-state index in [0.29, 0.717) is 16.4 Å². The third kappa shape index (κ3) is 1.91. The fraction of sp³-hybridized carbons (Fsp3) is 0. The topological polar surface area (TPSA) is 126 Å². The number of carboxylic acid groups (broad SMARTS) is 1. The summed E-state index contributed by atoms with van der Waals surface area (Å²) in [6.07, 6.45) is 2.45. The van der Waals surface area contributed by atoms with Gasteiger partial charge in [0.2, 0.25) is 11.3 Å². The van der Waals surface area contributed by atoms with Gasteiger partial charge >= 0.3 is 5.97 Å². The van der Waals surface area contributed by atoms with Crippen LogP contribution < -0.4 is 11.2 Å². The predicted molar refractivity (Wildman–Crippen MR) is 75.3 cm³/mol. The number of hydrogen-bond donors (Lipinski definition) is 3. The molecule has 2 aromatic heterocycles. The van der Waals surface area contributed by atoms with Gasteiger partial charge in [-0.2, -0.15) is 0 Å². The number of fused-ring (bicyclic) bond motifs is 3. The van der Waals surface area contributed by atoms with Gasteiger partial charge in [-0.15, -0.1) is 0 Å². The highest BCUT2D eigenvalue weighted by Crippen LogP contribution is 2.21. The third-order valence-electron chi connectivity index (χ3n) is 3.22. The van der Waals surface area contributed by atoms with E-state index >= 15 is 0 Å². The number of nitrogens with one attached hydrogen (secondary N) is 1. The molecule has 0 unspecified atom stereocenters. The van der Waals surface area contributed by atoms with Crippen LogP contribution in [0.5, 0.6) is 0 Å². The molecule has 104 valence electrons. The number of nitrogens with two attached hydrogens (primary N) is 1. The quantitative estimate of drug-likeness (QED) is 0.601. The summed E-state index contributed by atoms with van der Waals surface area (Å²) in [5.74, 6) is -1.89. The number of carboxylic acids is 1. The Labute approximate surface area is 117 Å². The number of H-pyrrole nitrogens is 1. The fourth-order valence-electron chi connectivity index (χ4n) is 2.19. The highest BCUT2D eigenvalue weighted by molar-refractivity contribution is 6.06. The Hall–Kier alpha value is -3.22. The number of rotatable bonds is 2. The molecule has 21 heavy (non-hydrogen) atoms. The van der Waals surface area contributed by atoms with E-state index in [0.717, 1.165) is 6.20 Å². The van der Waals surface area contributed by atoms with Crippen molar-refractivity contribution in [3.8, 4) is 0 Å². The van der Waals surface area contributed by atoms with E-state index in [4.69, 9.17) is 10.8 Å². The number of benzene rings is 1. The van der Waals surface area contributed by atoms with E-state index < -0.39 is 17.3 Å². The number of hydrogen-bond acceptors (Lipinski definition) is 4. The van der Waals surface area contributed by atoms with Crippen LogP contribution >= 0.6 is 0 Å². The van der Waals surface area contributed by atoms with E-state index in [1.54, 1.807) is 12.1 Å². The summed E-state index contributed by atoms with van der Waals surface area (Å²) in [5.41, 5.74) is 5.41. The number of aromatic nitrogens is 2. The average molecular weight is 283 g/mol. The largest absolute Gasteiger partial charge is 0.477 e. The minimum absolute atomic E-state index is 0.224. The maximum atomic E-state index is 12.1. The summed E-state index contributed by atoms with van der Waals surface area (Å²) in [5, 5.41) is 9.80. The molecule has 0 radical (unpaired) electrons. The lowest BCUT2D eigenvalue weighted by Gasteiger charge is -2.05. The van der Waals surface area contributed by atoms with Crippen LogP contribution in [0.4, 0.5) is 0 Å². The summed E-state index contributed by atoms with van der Waals surface area (Å²) >= 11 is 0. The molecule has 3 aromatic rings. The molecule has 7 nitrogen and oxygen atoms in total. The Kier molecular flexibility index (Phi) is 2.69. The molecule has 1 aromatic carbocycles. The molecule has 0 saturated heterocycles. The maximum absolute atomic E-state index is 12.1. The zero-order chi connectivity index (χ0) is 15.1. The summed E-state index contributed by atoms with van der Waals surface area (Å²) < 4.78 is 0. The van der Waals surface area contributed by atoms with Crippen molar-refractivity contribution in [2.45, 2.75) is 0 Å². The SMILES string of the molecule is NC(=O)c1cnc2c(ccc3c(=O)c(C(=O)O)c[nH]c32)c1. The molecule has 0 aliphatic heterocycles. The molecule has 3 rings (SSSR count). The van der Waals surface area contributed by atoms with Crippen LogP contribution in [0.3, 0.4) is 0 Å². The number of primary amides is 1. The lowest BCUT2D eigenvalue weighted by molar-refractivity contribution is 0.0695. The summed E-state index contributed by atoms with van der Waals surface area (Å²) in [7, 11) is 0. The van der Waals surface area contributed by atoms with Crippen molar-refractivity contribution in [2.24, 2.45) is 5.73 Å².